The van der Waals surface area contributed by atoms with Crippen molar-refractivity contribution in [2.45, 2.75) is 6.92 Å². The highest BCUT2D eigenvalue weighted by atomic mass is 127. The first kappa shape index (κ1) is 9.12. The number of hydrogen-bond donors (Lipinski definition) is 0. The fourth-order valence-electron chi connectivity index (χ4n) is 1.64. The van der Waals surface area contributed by atoms with E-state index in [-0.39, 0.29) is 0 Å². The van der Waals surface area contributed by atoms with E-state index in [1.807, 2.05) is 22.7 Å². The lowest BCUT2D eigenvalue weighted by Gasteiger charge is -1.90. The molecule has 0 radical (unpaired) electrons. The van der Waals surface area contributed by atoms with Gasteiger partial charge in [-0.2, -0.15) is 0 Å². The Morgan fingerprint density at radius 3 is 2.79 bits per heavy atom. The summed E-state index contributed by atoms with van der Waals surface area (Å²) in [5.74, 6) is 0. The van der Waals surface area contributed by atoms with Gasteiger partial charge in [-0.1, -0.05) is 6.07 Å². The molecule has 2 heterocycles. The van der Waals surface area contributed by atoms with Crippen LogP contribution in [-0.2, 0) is 0 Å². The second-order valence-electron chi connectivity index (χ2n) is 3.29. The maximum absolute atomic E-state index is 2.37. The third-order valence-electron chi connectivity index (χ3n) is 2.23. The first-order chi connectivity index (χ1) is 6.74. The Morgan fingerprint density at radius 2 is 1.93 bits per heavy atom. The van der Waals surface area contributed by atoms with E-state index in [0.717, 1.165) is 0 Å². The number of aryl methyl sites for hydroxylation is 1. The molecule has 0 saturated carbocycles. The average Bonchev–Trinajstić information content (AvgIpc) is 2.59. The largest absolute Gasteiger partial charge is 0.139 e. The number of thiophene rings is 2. The molecule has 3 rings (SSSR count). The summed E-state index contributed by atoms with van der Waals surface area (Å²) in [6.07, 6.45) is 0. The Balaban J connectivity index is 2.52. The van der Waals surface area contributed by atoms with Gasteiger partial charge in [0, 0.05) is 23.2 Å². The second-order valence-corrected chi connectivity index (χ2v) is 6.88. The molecule has 0 aliphatic heterocycles. The van der Waals surface area contributed by atoms with Crippen LogP contribution < -0.4 is 0 Å². The highest BCUT2D eigenvalue weighted by Crippen LogP contribution is 2.39. The zero-order chi connectivity index (χ0) is 9.71. The number of hydrogen-bond acceptors (Lipinski definition) is 2. The van der Waals surface area contributed by atoms with Gasteiger partial charge >= 0.3 is 0 Å². The fraction of sp³-hybridized carbons (Fsp3) is 0.0909. The minimum atomic E-state index is 1.32. The molecule has 2 aromatic heterocycles. The summed E-state index contributed by atoms with van der Waals surface area (Å²) in [4.78, 5) is 1.41. The summed E-state index contributed by atoms with van der Waals surface area (Å²) in [5.41, 5.74) is 0. The van der Waals surface area contributed by atoms with Crippen LogP contribution in [0.5, 0.6) is 0 Å². The van der Waals surface area contributed by atoms with E-state index in [1.165, 1.54) is 27.9 Å². The van der Waals surface area contributed by atoms with Crippen molar-refractivity contribution in [2.24, 2.45) is 0 Å². The molecule has 0 nitrogen and oxygen atoms in total. The summed E-state index contributed by atoms with van der Waals surface area (Å²) in [6.45, 7) is 2.18. The molecule has 0 atom stereocenters. The Hall–Kier alpha value is -0.130. The van der Waals surface area contributed by atoms with Crippen LogP contribution in [0.2, 0.25) is 0 Å². The number of halogens is 1. The molecule has 14 heavy (non-hydrogen) atoms. The molecule has 0 aliphatic carbocycles. The fourth-order valence-corrected chi connectivity index (χ4v) is 4.82. The van der Waals surface area contributed by atoms with Crippen molar-refractivity contribution in [1.29, 1.82) is 0 Å². The molecule has 70 valence electrons. The molecule has 0 amide bonds. The highest BCUT2D eigenvalue weighted by Gasteiger charge is 2.07. The molecule has 1 aromatic carbocycles. The minimum Gasteiger partial charge on any atom is -0.139 e. The smallest absolute Gasteiger partial charge is 0.0532 e. The molecule has 3 aromatic rings. The van der Waals surface area contributed by atoms with Crippen LogP contribution in [0.4, 0.5) is 0 Å². The molecule has 0 spiro atoms. The minimum absolute atomic E-state index is 1.32. The number of benzene rings is 1. The van der Waals surface area contributed by atoms with Crippen molar-refractivity contribution in [1.82, 2.24) is 0 Å². The van der Waals surface area contributed by atoms with Crippen molar-refractivity contribution in [2.75, 3.05) is 0 Å². The average molecular weight is 330 g/mol. The van der Waals surface area contributed by atoms with Gasteiger partial charge in [-0.05, 0) is 47.7 Å². The Kier molecular flexibility index (Phi) is 2.07. The summed E-state index contributed by atoms with van der Waals surface area (Å²) in [6, 6.07) is 8.98. The van der Waals surface area contributed by atoms with E-state index in [4.69, 9.17) is 0 Å². The standard InChI is InChI=1S/C11H7IS2/c1-6-4-10-11(13-6)8-3-2-7(12)5-9(8)14-10/h2-5H,1H3. The summed E-state index contributed by atoms with van der Waals surface area (Å²) < 4.78 is 5.63. The van der Waals surface area contributed by atoms with Crippen molar-refractivity contribution < 1.29 is 0 Å². The molecule has 0 aliphatic rings. The van der Waals surface area contributed by atoms with Gasteiger partial charge in [0.25, 0.3) is 0 Å². The molecule has 0 saturated heterocycles. The van der Waals surface area contributed by atoms with E-state index < -0.39 is 0 Å². The van der Waals surface area contributed by atoms with E-state index >= 15 is 0 Å². The van der Waals surface area contributed by atoms with Crippen LogP contribution in [0.1, 0.15) is 4.88 Å². The van der Waals surface area contributed by atoms with Crippen molar-refractivity contribution >= 4 is 64.8 Å². The van der Waals surface area contributed by atoms with Crippen LogP contribution in [0.25, 0.3) is 19.5 Å². The van der Waals surface area contributed by atoms with Gasteiger partial charge in [0.15, 0.2) is 0 Å². The first-order valence-corrected chi connectivity index (χ1v) is 7.03. The molecule has 3 heteroatoms. The second kappa shape index (κ2) is 3.18. The van der Waals surface area contributed by atoms with Gasteiger partial charge in [-0.25, -0.2) is 0 Å². The summed E-state index contributed by atoms with van der Waals surface area (Å²) >= 11 is 6.17. The van der Waals surface area contributed by atoms with Crippen LogP contribution >= 0.6 is 45.3 Å². The Labute approximate surface area is 104 Å². The predicted molar refractivity (Wildman–Crippen MR) is 74.7 cm³/mol. The zero-order valence-electron chi connectivity index (χ0n) is 7.50. The first-order valence-electron chi connectivity index (χ1n) is 4.32. The Morgan fingerprint density at radius 1 is 1.07 bits per heavy atom. The lowest BCUT2D eigenvalue weighted by atomic mass is 10.2. The maximum atomic E-state index is 2.37. The third-order valence-corrected chi connectivity index (χ3v) is 5.21. The van der Waals surface area contributed by atoms with Gasteiger partial charge in [0.1, 0.15) is 0 Å². The SMILES string of the molecule is Cc1cc2sc3cc(I)ccc3c2s1. The quantitative estimate of drug-likeness (QED) is 0.507. The number of fused-ring (bicyclic) bond motifs is 3. The van der Waals surface area contributed by atoms with Gasteiger partial charge in [-0.15, -0.1) is 22.7 Å². The van der Waals surface area contributed by atoms with Gasteiger partial charge in [-0.3, -0.25) is 0 Å². The lowest BCUT2D eigenvalue weighted by Crippen LogP contribution is -1.66. The summed E-state index contributed by atoms with van der Waals surface area (Å²) in [5, 5.41) is 1.42. The van der Waals surface area contributed by atoms with E-state index in [0.29, 0.717) is 0 Å². The molecular formula is C11H7IS2. The lowest BCUT2D eigenvalue weighted by molar-refractivity contribution is 1.66. The van der Waals surface area contributed by atoms with Crippen LogP contribution in [0.15, 0.2) is 24.3 Å². The maximum Gasteiger partial charge on any atom is 0.0532 e. The van der Waals surface area contributed by atoms with E-state index in [9.17, 15) is 0 Å². The predicted octanol–water partition coefficient (Wildman–Crippen LogP) is 5.03. The van der Waals surface area contributed by atoms with Crippen molar-refractivity contribution in [3.05, 3.63) is 32.7 Å². The molecule has 0 N–H and O–H groups in total. The monoisotopic (exact) mass is 330 g/mol. The van der Waals surface area contributed by atoms with Crippen LogP contribution in [-0.4, -0.2) is 0 Å². The van der Waals surface area contributed by atoms with Gasteiger partial charge in [0.2, 0.25) is 0 Å². The summed E-state index contributed by atoms with van der Waals surface area (Å²) in [7, 11) is 0. The van der Waals surface area contributed by atoms with Gasteiger partial charge < -0.3 is 0 Å². The van der Waals surface area contributed by atoms with Crippen LogP contribution in [0.3, 0.4) is 0 Å². The topological polar surface area (TPSA) is 0 Å². The normalized spacial score (nSPS) is 11.6. The zero-order valence-corrected chi connectivity index (χ0v) is 11.3. The van der Waals surface area contributed by atoms with Crippen molar-refractivity contribution in [3.8, 4) is 0 Å². The van der Waals surface area contributed by atoms with Gasteiger partial charge in [0.05, 0.1) is 4.70 Å². The van der Waals surface area contributed by atoms with Crippen LogP contribution in [0, 0.1) is 10.5 Å². The highest BCUT2D eigenvalue weighted by molar-refractivity contribution is 14.1. The molecular weight excluding hydrogens is 323 g/mol. The van der Waals surface area contributed by atoms with E-state index in [1.54, 1.807) is 0 Å². The van der Waals surface area contributed by atoms with Crippen molar-refractivity contribution in [3.63, 3.8) is 0 Å². The Bertz CT molecular complexity index is 615. The number of rotatable bonds is 0. The third kappa shape index (κ3) is 1.30. The molecule has 0 unspecified atom stereocenters. The molecule has 0 bridgehead atoms. The van der Waals surface area contributed by atoms with E-state index in [2.05, 4.69) is 53.8 Å². The molecule has 0 fully saturated rings.